The van der Waals surface area contributed by atoms with Gasteiger partial charge in [0.2, 0.25) is 0 Å². The number of hydrogen-bond acceptors (Lipinski definition) is 5. The lowest BCUT2D eigenvalue weighted by molar-refractivity contribution is -0.122. The zero-order valence-electron chi connectivity index (χ0n) is 19.4. The van der Waals surface area contributed by atoms with Crippen LogP contribution in [0.25, 0.3) is 22.4 Å². The Morgan fingerprint density at radius 2 is 1.56 bits per heavy atom. The number of amides is 1. The van der Waals surface area contributed by atoms with E-state index in [4.69, 9.17) is 9.47 Å². The van der Waals surface area contributed by atoms with E-state index >= 15 is 0 Å². The van der Waals surface area contributed by atoms with E-state index in [0.29, 0.717) is 10.9 Å². The minimum atomic E-state index is -0.658. The summed E-state index contributed by atoms with van der Waals surface area (Å²) in [6, 6.07) is 25.7. The van der Waals surface area contributed by atoms with Crippen molar-refractivity contribution in [2.75, 3.05) is 11.9 Å². The summed E-state index contributed by atoms with van der Waals surface area (Å²) in [5.41, 5.74) is 4.02. The summed E-state index contributed by atoms with van der Waals surface area (Å²) in [6.07, 6.45) is 1.49. The van der Waals surface area contributed by atoms with Crippen LogP contribution in [0.1, 0.15) is 26.7 Å². The molecule has 0 saturated heterocycles. The quantitative estimate of drug-likeness (QED) is 0.251. The van der Waals surface area contributed by atoms with Gasteiger partial charge in [-0.3, -0.25) is 10.1 Å². The van der Waals surface area contributed by atoms with Crippen LogP contribution in [0.3, 0.4) is 0 Å². The number of carbonyl (C=O) groups excluding carboxylic acids is 1. The standard InChI is InChI=1S/C28H28N2O3S/c1-3-4-18-32-24-14-12-23(13-15-24)26-19-34-28(29-26)30-27(31)20(2)33-25-16-10-22(11-17-25)21-8-6-5-7-9-21/h5-17,19-20H,3-4,18H2,1-2H3,(H,29,30,31). The van der Waals surface area contributed by atoms with Gasteiger partial charge in [0.15, 0.2) is 11.2 Å². The van der Waals surface area contributed by atoms with Crippen molar-refractivity contribution in [3.8, 4) is 33.9 Å². The Morgan fingerprint density at radius 3 is 2.26 bits per heavy atom. The smallest absolute Gasteiger partial charge is 0.266 e. The summed E-state index contributed by atoms with van der Waals surface area (Å²) < 4.78 is 11.5. The summed E-state index contributed by atoms with van der Waals surface area (Å²) in [4.78, 5) is 17.2. The van der Waals surface area contributed by atoms with Gasteiger partial charge in [-0.1, -0.05) is 55.8 Å². The van der Waals surface area contributed by atoms with E-state index in [2.05, 4.69) is 29.4 Å². The zero-order chi connectivity index (χ0) is 23.8. The fourth-order valence-electron chi connectivity index (χ4n) is 3.34. The molecule has 1 amide bonds. The molecule has 174 valence electrons. The van der Waals surface area contributed by atoms with Crippen LogP contribution < -0.4 is 14.8 Å². The molecule has 0 aliphatic rings. The monoisotopic (exact) mass is 472 g/mol. The van der Waals surface area contributed by atoms with Crippen LogP contribution in [0.15, 0.2) is 84.2 Å². The number of unbranched alkanes of at least 4 members (excludes halogenated alkanes) is 1. The number of nitrogens with zero attached hydrogens (tertiary/aromatic N) is 1. The van der Waals surface area contributed by atoms with Crippen LogP contribution in [0, 0.1) is 0 Å². The van der Waals surface area contributed by atoms with Gasteiger partial charge < -0.3 is 9.47 Å². The Kier molecular flexibility index (Phi) is 7.94. The maximum Gasteiger partial charge on any atom is 0.266 e. The van der Waals surface area contributed by atoms with Crippen LogP contribution >= 0.6 is 11.3 Å². The molecule has 6 heteroatoms. The predicted molar refractivity (Wildman–Crippen MR) is 139 cm³/mol. The second-order valence-corrected chi connectivity index (χ2v) is 8.76. The highest BCUT2D eigenvalue weighted by molar-refractivity contribution is 7.14. The molecule has 5 nitrogen and oxygen atoms in total. The zero-order valence-corrected chi connectivity index (χ0v) is 20.2. The van der Waals surface area contributed by atoms with Gasteiger partial charge in [0, 0.05) is 10.9 Å². The number of ether oxygens (including phenoxy) is 2. The van der Waals surface area contributed by atoms with Crippen LogP contribution in [-0.2, 0) is 4.79 Å². The molecule has 1 atom stereocenters. The van der Waals surface area contributed by atoms with Crippen molar-refractivity contribution < 1.29 is 14.3 Å². The van der Waals surface area contributed by atoms with E-state index in [9.17, 15) is 4.79 Å². The Hall–Kier alpha value is -3.64. The first-order valence-corrected chi connectivity index (χ1v) is 12.3. The van der Waals surface area contributed by atoms with Crippen LogP contribution in [0.4, 0.5) is 5.13 Å². The molecule has 0 aliphatic heterocycles. The average molecular weight is 473 g/mol. The third-order valence-electron chi connectivity index (χ3n) is 5.29. The van der Waals surface area contributed by atoms with E-state index in [0.717, 1.165) is 47.6 Å². The summed E-state index contributed by atoms with van der Waals surface area (Å²) >= 11 is 1.39. The lowest BCUT2D eigenvalue weighted by Gasteiger charge is -2.14. The van der Waals surface area contributed by atoms with Gasteiger partial charge in [-0.05, 0) is 60.9 Å². The molecule has 4 aromatic rings. The Balaban J connectivity index is 1.31. The number of nitrogens with one attached hydrogen (secondary N) is 1. The van der Waals surface area contributed by atoms with Crippen molar-refractivity contribution >= 4 is 22.4 Å². The SMILES string of the molecule is CCCCOc1ccc(-c2csc(NC(=O)C(C)Oc3ccc(-c4ccccc4)cc3)n2)cc1. The maximum absolute atomic E-state index is 12.6. The van der Waals surface area contributed by atoms with E-state index in [1.165, 1.54) is 11.3 Å². The average Bonchev–Trinajstić information content (AvgIpc) is 3.34. The molecule has 0 bridgehead atoms. The topological polar surface area (TPSA) is 60.5 Å². The van der Waals surface area contributed by atoms with E-state index in [-0.39, 0.29) is 5.91 Å². The van der Waals surface area contributed by atoms with Gasteiger partial charge in [0.05, 0.1) is 12.3 Å². The molecule has 1 aromatic heterocycles. The summed E-state index contributed by atoms with van der Waals surface area (Å²) in [7, 11) is 0. The molecule has 0 spiro atoms. The minimum absolute atomic E-state index is 0.243. The Labute approximate surface area is 204 Å². The Bertz CT molecular complexity index is 1190. The largest absolute Gasteiger partial charge is 0.494 e. The molecule has 1 N–H and O–H groups in total. The van der Waals surface area contributed by atoms with Crippen molar-refractivity contribution in [1.29, 1.82) is 0 Å². The van der Waals surface area contributed by atoms with E-state index in [1.807, 2.05) is 72.1 Å². The molecule has 1 heterocycles. The number of rotatable bonds is 10. The lowest BCUT2D eigenvalue weighted by atomic mass is 10.1. The van der Waals surface area contributed by atoms with Gasteiger partial charge in [-0.15, -0.1) is 11.3 Å². The normalized spacial score (nSPS) is 11.6. The van der Waals surface area contributed by atoms with Gasteiger partial charge in [-0.25, -0.2) is 4.98 Å². The van der Waals surface area contributed by atoms with Crippen molar-refractivity contribution in [2.24, 2.45) is 0 Å². The predicted octanol–water partition coefficient (Wildman–Crippen LogP) is 7.06. The number of hydrogen-bond donors (Lipinski definition) is 1. The second-order valence-electron chi connectivity index (χ2n) is 7.90. The molecule has 4 rings (SSSR count). The molecule has 0 fully saturated rings. The molecule has 0 radical (unpaired) electrons. The highest BCUT2D eigenvalue weighted by Crippen LogP contribution is 2.27. The third kappa shape index (κ3) is 6.23. The van der Waals surface area contributed by atoms with Crippen LogP contribution in [0.5, 0.6) is 11.5 Å². The van der Waals surface area contributed by atoms with Crippen molar-refractivity contribution in [1.82, 2.24) is 4.98 Å². The summed E-state index contributed by atoms with van der Waals surface area (Å²) in [6.45, 7) is 4.59. The van der Waals surface area contributed by atoms with Gasteiger partial charge in [-0.2, -0.15) is 0 Å². The molecule has 34 heavy (non-hydrogen) atoms. The minimum Gasteiger partial charge on any atom is -0.494 e. The summed E-state index contributed by atoms with van der Waals surface area (Å²) in [5, 5.41) is 5.32. The Morgan fingerprint density at radius 1 is 0.912 bits per heavy atom. The first kappa shape index (κ1) is 23.5. The molecule has 1 unspecified atom stereocenters. The molecular formula is C28H28N2O3S. The fourth-order valence-corrected chi connectivity index (χ4v) is 4.06. The third-order valence-corrected chi connectivity index (χ3v) is 6.05. The van der Waals surface area contributed by atoms with Crippen LogP contribution in [-0.4, -0.2) is 23.6 Å². The maximum atomic E-state index is 12.6. The van der Waals surface area contributed by atoms with Crippen molar-refractivity contribution in [3.05, 3.63) is 84.2 Å². The van der Waals surface area contributed by atoms with Gasteiger partial charge in [0.25, 0.3) is 5.91 Å². The molecular weight excluding hydrogens is 444 g/mol. The number of anilines is 1. The fraction of sp³-hybridized carbons (Fsp3) is 0.214. The van der Waals surface area contributed by atoms with E-state index in [1.54, 1.807) is 6.92 Å². The summed E-state index contributed by atoms with van der Waals surface area (Å²) in [5.74, 6) is 1.25. The second kappa shape index (κ2) is 11.5. The molecule has 0 saturated carbocycles. The van der Waals surface area contributed by atoms with Gasteiger partial charge in [0.1, 0.15) is 11.5 Å². The molecule has 0 aliphatic carbocycles. The van der Waals surface area contributed by atoms with Crippen molar-refractivity contribution in [3.63, 3.8) is 0 Å². The first-order chi connectivity index (χ1) is 16.6. The van der Waals surface area contributed by atoms with E-state index < -0.39 is 6.10 Å². The first-order valence-electron chi connectivity index (χ1n) is 11.4. The molecule has 3 aromatic carbocycles. The number of benzene rings is 3. The number of carbonyl (C=O) groups is 1. The lowest BCUT2D eigenvalue weighted by Crippen LogP contribution is -2.30. The number of aromatic nitrogens is 1. The van der Waals surface area contributed by atoms with Crippen LogP contribution in [0.2, 0.25) is 0 Å². The van der Waals surface area contributed by atoms with Crippen molar-refractivity contribution in [2.45, 2.75) is 32.8 Å². The highest BCUT2D eigenvalue weighted by Gasteiger charge is 2.17. The number of thiazole rings is 1. The highest BCUT2D eigenvalue weighted by atomic mass is 32.1. The van der Waals surface area contributed by atoms with Gasteiger partial charge >= 0.3 is 0 Å².